The number of carbonyl (C=O) groups is 1. The number of rotatable bonds is 5. The molecule has 2 heterocycles. The molecule has 0 aliphatic carbocycles. The quantitative estimate of drug-likeness (QED) is 0.830. The Morgan fingerprint density at radius 1 is 1.26 bits per heavy atom. The second-order valence-corrected chi connectivity index (χ2v) is 7.11. The topological polar surface area (TPSA) is 102 Å². The summed E-state index contributed by atoms with van der Waals surface area (Å²) in [5.41, 5.74) is 2.43. The first kappa shape index (κ1) is 18.8. The minimum absolute atomic E-state index is 0.121. The molecule has 1 aromatic heterocycles. The van der Waals surface area contributed by atoms with Gasteiger partial charge in [0.05, 0.1) is 18.6 Å². The highest BCUT2D eigenvalue weighted by Gasteiger charge is 2.33. The molecule has 140 valence electrons. The van der Waals surface area contributed by atoms with Crippen LogP contribution in [0.5, 0.6) is 0 Å². The Kier molecular flexibility index (Phi) is 5.67. The average molecular weight is 365 g/mol. The van der Waals surface area contributed by atoms with Crippen LogP contribution in [0.1, 0.15) is 36.6 Å². The van der Waals surface area contributed by atoms with Gasteiger partial charge in [-0.3, -0.25) is 4.79 Å². The first-order valence-corrected chi connectivity index (χ1v) is 9.01. The van der Waals surface area contributed by atoms with Gasteiger partial charge in [0.1, 0.15) is 6.07 Å². The maximum absolute atomic E-state index is 12.4. The summed E-state index contributed by atoms with van der Waals surface area (Å²) >= 11 is 0. The van der Waals surface area contributed by atoms with Gasteiger partial charge in [-0.05, 0) is 29.2 Å². The Labute approximate surface area is 158 Å². The minimum atomic E-state index is -0.685. The molecule has 1 aromatic carbocycles. The van der Waals surface area contributed by atoms with Gasteiger partial charge in [0, 0.05) is 13.1 Å². The van der Waals surface area contributed by atoms with Gasteiger partial charge >= 0.3 is 0 Å². The second-order valence-electron chi connectivity index (χ2n) is 7.11. The minimum Gasteiger partial charge on any atom is -0.389 e. The molecular formula is C20H23N5O2. The summed E-state index contributed by atoms with van der Waals surface area (Å²) in [5, 5.41) is 29.8. The number of nitrogens with one attached hydrogen (secondary N) is 1. The fraction of sp³-hybridized carbons (Fsp3) is 0.400. The highest BCUT2D eigenvalue weighted by Crippen LogP contribution is 2.18. The molecule has 0 spiro atoms. The summed E-state index contributed by atoms with van der Waals surface area (Å²) in [6, 6.07) is 12.9. The molecule has 7 nitrogen and oxygen atoms in total. The van der Waals surface area contributed by atoms with E-state index in [-0.39, 0.29) is 24.1 Å². The van der Waals surface area contributed by atoms with Crippen molar-refractivity contribution in [2.75, 3.05) is 18.0 Å². The van der Waals surface area contributed by atoms with Gasteiger partial charge < -0.3 is 15.3 Å². The first-order chi connectivity index (χ1) is 13.0. The number of hydrogen-bond donors (Lipinski definition) is 2. The Hall–Kier alpha value is -2.98. The number of amides is 1. The largest absolute Gasteiger partial charge is 0.389 e. The number of aromatic nitrogens is 2. The van der Waals surface area contributed by atoms with Gasteiger partial charge in [-0.15, -0.1) is 10.2 Å². The van der Waals surface area contributed by atoms with Crippen LogP contribution in [-0.4, -0.2) is 46.4 Å². The molecule has 0 radical (unpaired) electrons. The van der Waals surface area contributed by atoms with Crippen LogP contribution in [0.2, 0.25) is 0 Å². The van der Waals surface area contributed by atoms with Crippen molar-refractivity contribution in [1.29, 1.82) is 5.26 Å². The van der Waals surface area contributed by atoms with E-state index in [0.717, 1.165) is 5.56 Å². The fourth-order valence-electron chi connectivity index (χ4n) is 3.13. The molecule has 2 atom stereocenters. The van der Waals surface area contributed by atoms with Crippen molar-refractivity contribution in [2.45, 2.75) is 38.3 Å². The first-order valence-electron chi connectivity index (χ1n) is 9.01. The smallest absolute Gasteiger partial charge is 0.224 e. The maximum atomic E-state index is 12.4. The number of aliphatic hydroxyl groups is 1. The van der Waals surface area contributed by atoms with E-state index in [0.29, 0.717) is 24.8 Å². The number of benzene rings is 1. The molecule has 1 fully saturated rings. The Morgan fingerprint density at radius 2 is 2.00 bits per heavy atom. The molecule has 1 saturated heterocycles. The van der Waals surface area contributed by atoms with E-state index in [4.69, 9.17) is 5.26 Å². The summed E-state index contributed by atoms with van der Waals surface area (Å²) in [4.78, 5) is 14.2. The van der Waals surface area contributed by atoms with Crippen LogP contribution in [0.25, 0.3) is 0 Å². The van der Waals surface area contributed by atoms with Crippen molar-refractivity contribution in [3.63, 3.8) is 0 Å². The molecule has 1 unspecified atom stereocenters. The molecule has 2 aromatic rings. The molecule has 1 amide bonds. The number of nitriles is 1. The molecule has 1 aliphatic heterocycles. The molecule has 2 N–H and O–H groups in total. The molecule has 7 heteroatoms. The van der Waals surface area contributed by atoms with Crippen LogP contribution < -0.4 is 10.2 Å². The van der Waals surface area contributed by atoms with E-state index in [1.807, 2.05) is 35.2 Å². The fourth-order valence-corrected chi connectivity index (χ4v) is 3.13. The predicted octanol–water partition coefficient (Wildman–Crippen LogP) is 1.38. The molecule has 27 heavy (non-hydrogen) atoms. The van der Waals surface area contributed by atoms with Gasteiger partial charge in [0.15, 0.2) is 11.5 Å². The van der Waals surface area contributed by atoms with Crippen LogP contribution in [0.15, 0.2) is 36.4 Å². The van der Waals surface area contributed by atoms with Gasteiger partial charge in [-0.2, -0.15) is 5.26 Å². The summed E-state index contributed by atoms with van der Waals surface area (Å²) in [7, 11) is 0. The standard InChI is InChI=1S/C20H23N5O2/c1-13(2)15-5-3-14(4-6-15)9-20(27)22-17-11-25(12-18(17)26)19-8-7-16(10-21)23-24-19/h3-8,13,17-18,26H,9,11-12H2,1-2H3,(H,22,27)/t17?,18-/m1/s1. The monoisotopic (exact) mass is 365 g/mol. The van der Waals surface area contributed by atoms with Crippen LogP contribution >= 0.6 is 0 Å². The van der Waals surface area contributed by atoms with Gasteiger partial charge in [0.2, 0.25) is 5.91 Å². The Bertz CT molecular complexity index is 827. The lowest BCUT2D eigenvalue weighted by molar-refractivity contribution is -0.121. The third kappa shape index (κ3) is 4.60. The van der Waals surface area contributed by atoms with E-state index in [2.05, 4.69) is 29.4 Å². The zero-order valence-corrected chi connectivity index (χ0v) is 15.5. The lowest BCUT2D eigenvalue weighted by atomic mass is 10.0. The number of hydrogen-bond acceptors (Lipinski definition) is 6. The number of aliphatic hydroxyl groups excluding tert-OH is 1. The van der Waals surface area contributed by atoms with Gasteiger partial charge in [0.25, 0.3) is 0 Å². The lowest BCUT2D eigenvalue weighted by Gasteiger charge is -2.17. The van der Waals surface area contributed by atoms with Crippen LogP contribution in [0.4, 0.5) is 5.82 Å². The number of β-amino-alcohol motifs (C(OH)–C–C–N with tert-alkyl or cyclic N) is 1. The molecule has 3 rings (SSSR count). The third-order valence-electron chi connectivity index (χ3n) is 4.74. The summed E-state index contributed by atoms with van der Waals surface area (Å²) in [6.07, 6.45) is -0.409. The lowest BCUT2D eigenvalue weighted by Crippen LogP contribution is -2.43. The third-order valence-corrected chi connectivity index (χ3v) is 4.74. The zero-order chi connectivity index (χ0) is 19.4. The average Bonchev–Trinajstić information content (AvgIpc) is 3.02. The number of nitrogens with zero attached hydrogens (tertiary/aromatic N) is 4. The second kappa shape index (κ2) is 8.14. The van der Waals surface area contributed by atoms with E-state index < -0.39 is 6.10 Å². The Balaban J connectivity index is 1.56. The Morgan fingerprint density at radius 3 is 2.59 bits per heavy atom. The summed E-state index contributed by atoms with van der Waals surface area (Å²) in [6.45, 7) is 5.06. The number of anilines is 1. The van der Waals surface area contributed by atoms with Crippen molar-refractivity contribution in [2.24, 2.45) is 0 Å². The van der Waals surface area contributed by atoms with Crippen molar-refractivity contribution < 1.29 is 9.90 Å². The van der Waals surface area contributed by atoms with E-state index in [1.54, 1.807) is 12.1 Å². The van der Waals surface area contributed by atoms with Crippen molar-refractivity contribution in [1.82, 2.24) is 15.5 Å². The predicted molar refractivity (Wildman–Crippen MR) is 101 cm³/mol. The van der Waals surface area contributed by atoms with Crippen LogP contribution in [0, 0.1) is 11.3 Å². The molecular weight excluding hydrogens is 342 g/mol. The molecule has 0 bridgehead atoms. The van der Waals surface area contributed by atoms with Crippen molar-refractivity contribution in [3.05, 3.63) is 53.2 Å². The number of carbonyl (C=O) groups excluding carboxylic acids is 1. The highest BCUT2D eigenvalue weighted by molar-refractivity contribution is 5.79. The zero-order valence-electron chi connectivity index (χ0n) is 15.5. The summed E-state index contributed by atoms with van der Waals surface area (Å²) < 4.78 is 0. The SMILES string of the molecule is CC(C)c1ccc(CC(=O)NC2CN(c3ccc(C#N)nn3)C[C@H]2O)cc1. The van der Waals surface area contributed by atoms with Gasteiger partial charge in [-0.1, -0.05) is 38.1 Å². The van der Waals surface area contributed by atoms with Crippen molar-refractivity contribution in [3.8, 4) is 6.07 Å². The van der Waals surface area contributed by atoms with Crippen LogP contribution in [0.3, 0.4) is 0 Å². The van der Waals surface area contributed by atoms with E-state index in [9.17, 15) is 9.90 Å². The normalized spacial score (nSPS) is 19.1. The molecule has 0 saturated carbocycles. The highest BCUT2D eigenvalue weighted by atomic mass is 16.3. The van der Waals surface area contributed by atoms with E-state index in [1.165, 1.54) is 5.56 Å². The maximum Gasteiger partial charge on any atom is 0.224 e. The van der Waals surface area contributed by atoms with Crippen LogP contribution in [-0.2, 0) is 11.2 Å². The summed E-state index contributed by atoms with van der Waals surface area (Å²) in [5.74, 6) is 0.913. The van der Waals surface area contributed by atoms with Crippen molar-refractivity contribution >= 4 is 11.7 Å². The molecule has 1 aliphatic rings. The van der Waals surface area contributed by atoms with E-state index >= 15 is 0 Å². The van der Waals surface area contributed by atoms with Gasteiger partial charge in [-0.25, -0.2) is 0 Å².